The van der Waals surface area contributed by atoms with Gasteiger partial charge in [0, 0.05) is 24.8 Å². The molecule has 112 valence electrons. The maximum Gasteiger partial charge on any atom is 0.326 e. The first-order valence-corrected chi connectivity index (χ1v) is 7.58. The highest BCUT2D eigenvalue weighted by Gasteiger charge is 2.19. The van der Waals surface area contributed by atoms with Crippen molar-refractivity contribution in [2.75, 3.05) is 12.0 Å². The van der Waals surface area contributed by atoms with E-state index in [1.54, 1.807) is 22.6 Å². The van der Waals surface area contributed by atoms with Crippen LogP contribution in [-0.2, 0) is 18.4 Å². The van der Waals surface area contributed by atoms with Crippen LogP contribution in [0.5, 0.6) is 0 Å². The number of aryl methyl sites for hydroxylation is 1. The molecule has 0 fully saturated rings. The molecule has 0 aromatic carbocycles. The summed E-state index contributed by atoms with van der Waals surface area (Å²) in [5.41, 5.74) is 1.86. The molecule has 2 amide bonds. The van der Waals surface area contributed by atoms with Crippen LogP contribution in [0, 0.1) is 6.92 Å². The number of aromatic nitrogens is 2. The van der Waals surface area contributed by atoms with Gasteiger partial charge in [-0.05, 0) is 25.4 Å². The zero-order chi connectivity index (χ0) is 15.1. The van der Waals surface area contributed by atoms with Crippen molar-refractivity contribution in [2.45, 2.75) is 25.9 Å². The van der Waals surface area contributed by atoms with Gasteiger partial charge >= 0.3 is 12.0 Å². The maximum atomic E-state index is 11.7. The van der Waals surface area contributed by atoms with Gasteiger partial charge in [-0.15, -0.1) is 0 Å². The van der Waals surface area contributed by atoms with Crippen LogP contribution in [0.3, 0.4) is 0 Å². The molecule has 3 N–H and O–H groups in total. The minimum Gasteiger partial charge on any atom is -0.480 e. The largest absolute Gasteiger partial charge is 0.480 e. The number of hydrogen-bond donors (Lipinski definition) is 3. The third kappa shape index (κ3) is 4.76. The number of carbonyl (C=O) groups is 2. The van der Waals surface area contributed by atoms with Gasteiger partial charge in [0.1, 0.15) is 6.04 Å². The Kier molecular flexibility index (Phi) is 6.37. The number of carboxylic acids is 1. The number of carboxylic acid groups (broad SMARTS) is 1. The zero-order valence-electron chi connectivity index (χ0n) is 11.8. The quantitative estimate of drug-likeness (QED) is 0.690. The van der Waals surface area contributed by atoms with Crippen molar-refractivity contribution >= 4 is 23.8 Å². The van der Waals surface area contributed by atoms with Gasteiger partial charge in [-0.1, -0.05) is 0 Å². The molecule has 1 aromatic heterocycles. The second-order valence-corrected chi connectivity index (χ2v) is 5.36. The average Bonchev–Trinajstić information content (AvgIpc) is 2.72. The number of hydrogen-bond acceptors (Lipinski definition) is 4. The summed E-state index contributed by atoms with van der Waals surface area (Å²) >= 11 is 1.54. The van der Waals surface area contributed by atoms with Crippen LogP contribution in [0.4, 0.5) is 4.79 Å². The number of nitrogens with one attached hydrogen (secondary N) is 2. The Bertz CT molecular complexity index is 475. The Balaban J connectivity index is 2.45. The summed E-state index contributed by atoms with van der Waals surface area (Å²) in [5, 5.41) is 18.2. The fourth-order valence-electron chi connectivity index (χ4n) is 1.60. The van der Waals surface area contributed by atoms with Gasteiger partial charge in [0.25, 0.3) is 0 Å². The summed E-state index contributed by atoms with van der Waals surface area (Å²) in [5.74, 6) is -0.342. The molecule has 0 saturated heterocycles. The third-order valence-electron chi connectivity index (χ3n) is 2.99. The minimum atomic E-state index is -1.02. The van der Waals surface area contributed by atoms with E-state index < -0.39 is 18.0 Å². The number of nitrogens with zero attached hydrogens (tertiary/aromatic N) is 2. The Morgan fingerprint density at radius 2 is 2.25 bits per heavy atom. The van der Waals surface area contributed by atoms with Crippen LogP contribution >= 0.6 is 11.8 Å². The molecular formula is C12H20N4O3S. The summed E-state index contributed by atoms with van der Waals surface area (Å²) in [4.78, 5) is 22.7. The lowest BCUT2D eigenvalue weighted by Crippen LogP contribution is -2.46. The van der Waals surface area contributed by atoms with Crippen molar-refractivity contribution in [3.8, 4) is 0 Å². The fraction of sp³-hybridized carbons (Fsp3) is 0.583. The number of aliphatic carboxylic acids is 1. The number of carbonyl (C=O) groups excluding carboxylic acids is 1. The van der Waals surface area contributed by atoms with E-state index >= 15 is 0 Å². The van der Waals surface area contributed by atoms with E-state index in [2.05, 4.69) is 15.7 Å². The summed E-state index contributed by atoms with van der Waals surface area (Å²) in [6.07, 6.45) is 3.97. The second-order valence-electron chi connectivity index (χ2n) is 4.38. The van der Waals surface area contributed by atoms with E-state index in [0.29, 0.717) is 18.7 Å². The number of urea groups is 1. The Morgan fingerprint density at radius 3 is 2.75 bits per heavy atom. The lowest BCUT2D eigenvalue weighted by Gasteiger charge is -2.14. The standard InChI is InChI=1S/C12H20N4O3S/c1-8-9(7-14-16(8)2)6-13-12(19)15-10(11(17)18)4-5-20-3/h7,10H,4-6H2,1-3H3,(H,17,18)(H2,13,15,19)/t10-/m1/s1. The number of rotatable bonds is 7. The Hall–Kier alpha value is -1.70. The summed E-state index contributed by atoms with van der Waals surface area (Å²) in [6.45, 7) is 2.22. The van der Waals surface area contributed by atoms with Crippen molar-refractivity contribution in [3.63, 3.8) is 0 Å². The molecule has 0 aliphatic rings. The maximum absolute atomic E-state index is 11.7. The molecule has 1 rings (SSSR count). The molecule has 0 saturated carbocycles. The van der Waals surface area contributed by atoms with Crippen molar-refractivity contribution in [3.05, 3.63) is 17.5 Å². The molecule has 0 aliphatic heterocycles. The molecule has 0 bridgehead atoms. The van der Waals surface area contributed by atoms with Gasteiger partial charge in [0.2, 0.25) is 0 Å². The zero-order valence-corrected chi connectivity index (χ0v) is 12.7. The summed E-state index contributed by atoms with van der Waals surface area (Å²) < 4.78 is 1.72. The van der Waals surface area contributed by atoms with E-state index in [-0.39, 0.29) is 0 Å². The predicted octanol–water partition coefficient (Wildman–Crippen LogP) is 0.734. The Morgan fingerprint density at radius 1 is 1.55 bits per heavy atom. The fourth-order valence-corrected chi connectivity index (χ4v) is 2.07. The van der Waals surface area contributed by atoms with Crippen LogP contribution in [0.15, 0.2) is 6.20 Å². The van der Waals surface area contributed by atoms with Gasteiger partial charge in [0.05, 0.1) is 6.20 Å². The molecule has 1 atom stereocenters. The van der Waals surface area contributed by atoms with Crippen LogP contribution in [-0.4, -0.2) is 44.9 Å². The first-order valence-electron chi connectivity index (χ1n) is 6.19. The van der Waals surface area contributed by atoms with Gasteiger partial charge < -0.3 is 15.7 Å². The first-order chi connectivity index (χ1) is 9.45. The van der Waals surface area contributed by atoms with E-state index in [9.17, 15) is 9.59 Å². The van der Waals surface area contributed by atoms with Gasteiger partial charge in [-0.2, -0.15) is 16.9 Å². The highest BCUT2D eigenvalue weighted by atomic mass is 32.2. The van der Waals surface area contributed by atoms with E-state index in [4.69, 9.17) is 5.11 Å². The topological polar surface area (TPSA) is 96.3 Å². The molecule has 0 radical (unpaired) electrons. The molecule has 0 spiro atoms. The lowest BCUT2D eigenvalue weighted by atomic mass is 10.2. The predicted molar refractivity (Wildman–Crippen MR) is 77.7 cm³/mol. The van der Waals surface area contributed by atoms with Gasteiger partial charge in [-0.25, -0.2) is 9.59 Å². The van der Waals surface area contributed by atoms with Crippen molar-refractivity contribution < 1.29 is 14.7 Å². The highest BCUT2D eigenvalue weighted by molar-refractivity contribution is 7.98. The normalized spacial score (nSPS) is 11.9. The molecule has 7 nitrogen and oxygen atoms in total. The molecular weight excluding hydrogens is 280 g/mol. The van der Waals surface area contributed by atoms with Crippen molar-refractivity contribution in [1.82, 2.24) is 20.4 Å². The van der Waals surface area contributed by atoms with Crippen LogP contribution in [0.1, 0.15) is 17.7 Å². The number of thioether (sulfide) groups is 1. The smallest absolute Gasteiger partial charge is 0.326 e. The molecule has 1 aromatic rings. The van der Waals surface area contributed by atoms with Crippen molar-refractivity contribution in [1.29, 1.82) is 0 Å². The minimum absolute atomic E-state index is 0.320. The average molecular weight is 300 g/mol. The van der Waals surface area contributed by atoms with Crippen molar-refractivity contribution in [2.24, 2.45) is 7.05 Å². The van der Waals surface area contributed by atoms with E-state index in [1.807, 2.05) is 20.2 Å². The van der Waals surface area contributed by atoms with Crippen LogP contribution in [0.25, 0.3) is 0 Å². The van der Waals surface area contributed by atoms with E-state index in [1.165, 1.54) is 0 Å². The molecule has 20 heavy (non-hydrogen) atoms. The van der Waals surface area contributed by atoms with Crippen LogP contribution < -0.4 is 10.6 Å². The summed E-state index contributed by atoms with van der Waals surface area (Å²) in [6, 6.07) is -1.35. The lowest BCUT2D eigenvalue weighted by molar-refractivity contribution is -0.139. The number of amides is 2. The molecule has 8 heteroatoms. The highest BCUT2D eigenvalue weighted by Crippen LogP contribution is 2.05. The van der Waals surface area contributed by atoms with Crippen LogP contribution in [0.2, 0.25) is 0 Å². The molecule has 0 unspecified atom stereocenters. The Labute approximate surface area is 122 Å². The van der Waals surface area contributed by atoms with Gasteiger partial charge in [0.15, 0.2) is 0 Å². The molecule has 1 heterocycles. The third-order valence-corrected chi connectivity index (χ3v) is 3.63. The van der Waals surface area contributed by atoms with Gasteiger partial charge in [-0.3, -0.25) is 4.68 Å². The molecule has 0 aliphatic carbocycles. The van der Waals surface area contributed by atoms with E-state index in [0.717, 1.165) is 11.3 Å². The SMILES string of the molecule is CSCC[C@@H](NC(=O)NCc1cnn(C)c1C)C(=O)O. The first kappa shape index (κ1) is 16.4. The second kappa shape index (κ2) is 7.78. The monoisotopic (exact) mass is 300 g/mol. The summed E-state index contributed by atoms with van der Waals surface area (Å²) in [7, 11) is 1.82.